The first-order chi connectivity index (χ1) is 13.5. The van der Waals surface area contributed by atoms with Gasteiger partial charge in [-0.1, -0.05) is 31.9 Å². The maximum absolute atomic E-state index is 12.8. The molecular weight excluding hydrogens is 370 g/mol. The number of ether oxygens (including phenoxy) is 1. The highest BCUT2D eigenvalue weighted by molar-refractivity contribution is 7.99. The molecule has 28 heavy (non-hydrogen) atoms. The highest BCUT2D eigenvalue weighted by atomic mass is 32.2. The molecular formula is C23H37NO3S. The molecule has 0 aromatic heterocycles. The van der Waals surface area contributed by atoms with Crippen LogP contribution in [0.2, 0.25) is 0 Å². The zero-order chi connectivity index (χ0) is 20.1. The van der Waals surface area contributed by atoms with E-state index in [0.717, 1.165) is 70.3 Å². The summed E-state index contributed by atoms with van der Waals surface area (Å²) < 4.78 is 6.03. The van der Waals surface area contributed by atoms with E-state index in [1.165, 1.54) is 5.57 Å². The molecule has 0 N–H and O–H groups in total. The third-order valence-corrected chi connectivity index (χ3v) is 8.23. The Hall–Kier alpha value is -0.810. The van der Waals surface area contributed by atoms with Crippen molar-refractivity contribution in [1.29, 1.82) is 0 Å². The summed E-state index contributed by atoms with van der Waals surface area (Å²) in [4.78, 5) is 27.7. The van der Waals surface area contributed by atoms with E-state index in [4.69, 9.17) is 4.74 Å². The van der Waals surface area contributed by atoms with Crippen LogP contribution in [0.25, 0.3) is 0 Å². The van der Waals surface area contributed by atoms with E-state index in [1.54, 1.807) is 11.8 Å². The average molecular weight is 408 g/mol. The fourth-order valence-corrected chi connectivity index (χ4v) is 6.50. The van der Waals surface area contributed by atoms with Crippen LogP contribution >= 0.6 is 11.8 Å². The van der Waals surface area contributed by atoms with Crippen LogP contribution in [0.1, 0.15) is 65.7 Å². The fourth-order valence-electron chi connectivity index (χ4n) is 5.74. The third kappa shape index (κ3) is 4.84. The molecule has 0 aliphatic heterocycles. The molecule has 158 valence electrons. The molecule has 3 rings (SSSR count). The van der Waals surface area contributed by atoms with E-state index in [1.807, 2.05) is 0 Å². The Morgan fingerprint density at radius 1 is 1.32 bits per heavy atom. The number of rotatable bonds is 8. The number of Topliss-reactive ketones (excluding diaryl/α,β-unsaturated/α-hetero) is 1. The minimum Gasteiger partial charge on any atom is -0.461 e. The summed E-state index contributed by atoms with van der Waals surface area (Å²) >= 11 is 1.66. The summed E-state index contributed by atoms with van der Waals surface area (Å²) in [5.74, 6) is 2.01. The molecule has 4 nitrogen and oxygen atoms in total. The van der Waals surface area contributed by atoms with Crippen molar-refractivity contribution in [2.75, 3.05) is 31.1 Å². The van der Waals surface area contributed by atoms with Crippen molar-refractivity contribution >= 4 is 23.5 Å². The number of hydrogen-bond acceptors (Lipinski definition) is 5. The Bertz CT molecular complexity index is 601. The Labute approximate surface area is 174 Å². The predicted molar refractivity (Wildman–Crippen MR) is 115 cm³/mol. The highest BCUT2D eigenvalue weighted by Crippen LogP contribution is 2.57. The van der Waals surface area contributed by atoms with Gasteiger partial charge in [-0.2, -0.15) is 0 Å². The zero-order valence-corrected chi connectivity index (χ0v) is 18.7. The number of nitrogens with zero attached hydrogens (tertiary/aromatic N) is 1. The van der Waals surface area contributed by atoms with Crippen LogP contribution in [0.3, 0.4) is 0 Å². The molecule has 0 spiro atoms. The van der Waals surface area contributed by atoms with E-state index >= 15 is 0 Å². The molecule has 2 saturated carbocycles. The normalized spacial score (nSPS) is 34.4. The molecule has 4 atom stereocenters. The van der Waals surface area contributed by atoms with Crippen molar-refractivity contribution in [2.45, 2.75) is 71.8 Å². The van der Waals surface area contributed by atoms with Crippen LogP contribution in [0.5, 0.6) is 0 Å². The predicted octanol–water partition coefficient (Wildman–Crippen LogP) is 4.48. The van der Waals surface area contributed by atoms with Gasteiger partial charge in [-0.25, -0.2) is 0 Å². The van der Waals surface area contributed by atoms with E-state index in [2.05, 4.69) is 31.7 Å². The van der Waals surface area contributed by atoms with Gasteiger partial charge in [0.15, 0.2) is 0 Å². The molecule has 3 unspecified atom stereocenters. The number of ketones is 1. The Kier molecular flexibility index (Phi) is 7.66. The van der Waals surface area contributed by atoms with Gasteiger partial charge >= 0.3 is 5.97 Å². The molecule has 0 aromatic carbocycles. The first-order valence-corrected chi connectivity index (χ1v) is 12.3. The lowest BCUT2D eigenvalue weighted by molar-refractivity contribution is -0.155. The van der Waals surface area contributed by atoms with Crippen molar-refractivity contribution in [3.05, 3.63) is 11.6 Å². The maximum Gasteiger partial charge on any atom is 0.316 e. The SMILES string of the molecule is CCN(CC)CCSCC(=O)O[C@H]1C/C(C)=C\CC23CCCC1C2C(=O)CC3. The van der Waals surface area contributed by atoms with Gasteiger partial charge in [-0.05, 0) is 51.1 Å². The van der Waals surface area contributed by atoms with Crippen LogP contribution in [-0.2, 0) is 14.3 Å². The van der Waals surface area contributed by atoms with Gasteiger partial charge in [0.1, 0.15) is 11.9 Å². The van der Waals surface area contributed by atoms with Gasteiger partial charge in [-0.15, -0.1) is 11.8 Å². The molecule has 3 aliphatic carbocycles. The second-order valence-electron chi connectivity index (χ2n) is 8.93. The largest absolute Gasteiger partial charge is 0.461 e. The molecule has 2 bridgehead atoms. The van der Waals surface area contributed by atoms with E-state index in [0.29, 0.717) is 11.5 Å². The summed E-state index contributed by atoms with van der Waals surface area (Å²) in [7, 11) is 0. The van der Waals surface area contributed by atoms with Crippen molar-refractivity contribution in [1.82, 2.24) is 4.90 Å². The second-order valence-corrected chi connectivity index (χ2v) is 10.0. The fraction of sp³-hybridized carbons (Fsp3) is 0.826. The minimum absolute atomic E-state index is 0.107. The molecule has 0 saturated heterocycles. The van der Waals surface area contributed by atoms with Gasteiger partial charge in [0.25, 0.3) is 0 Å². The standard InChI is InChI=1S/C23H37NO3S/c1-4-24(5-2)13-14-28-16-21(26)27-20-15-17(3)8-11-23-10-6-7-18(20)22(23)19(25)9-12-23/h8,18,20,22H,4-7,9-16H2,1-3H3/b17-8-/t18?,20-,22?,23?/m0/s1. The first kappa shape index (κ1) is 21.9. The molecule has 0 heterocycles. The maximum atomic E-state index is 12.8. The third-order valence-electron chi connectivity index (χ3n) is 7.32. The lowest BCUT2D eigenvalue weighted by Gasteiger charge is -2.46. The summed E-state index contributed by atoms with van der Waals surface area (Å²) in [6, 6.07) is 0. The second kappa shape index (κ2) is 9.80. The zero-order valence-electron chi connectivity index (χ0n) is 17.9. The molecule has 2 fully saturated rings. The highest BCUT2D eigenvalue weighted by Gasteiger charge is 2.55. The molecule has 5 heteroatoms. The molecule has 3 aliphatic rings. The summed E-state index contributed by atoms with van der Waals surface area (Å²) in [5.41, 5.74) is 1.46. The van der Waals surface area contributed by atoms with Crippen LogP contribution in [-0.4, -0.2) is 53.9 Å². The Morgan fingerprint density at radius 2 is 2.11 bits per heavy atom. The number of esters is 1. The minimum atomic E-state index is -0.126. The number of carbonyl (C=O) groups is 2. The van der Waals surface area contributed by atoms with Crippen molar-refractivity contribution < 1.29 is 14.3 Å². The molecule has 0 radical (unpaired) electrons. The first-order valence-electron chi connectivity index (χ1n) is 11.2. The molecule has 0 aromatic rings. The van der Waals surface area contributed by atoms with E-state index in [9.17, 15) is 9.59 Å². The summed E-state index contributed by atoms with van der Waals surface area (Å²) in [6.07, 6.45) is 9.12. The number of thioether (sulfide) groups is 1. The van der Waals surface area contributed by atoms with Gasteiger partial charge in [0.2, 0.25) is 0 Å². The van der Waals surface area contributed by atoms with Crippen molar-refractivity contribution in [3.8, 4) is 0 Å². The monoisotopic (exact) mass is 407 g/mol. The van der Waals surface area contributed by atoms with Crippen LogP contribution in [0.15, 0.2) is 11.6 Å². The van der Waals surface area contributed by atoms with Crippen molar-refractivity contribution in [3.63, 3.8) is 0 Å². The van der Waals surface area contributed by atoms with Crippen molar-refractivity contribution in [2.24, 2.45) is 17.3 Å². The summed E-state index contributed by atoms with van der Waals surface area (Å²) in [6.45, 7) is 9.60. The quantitative estimate of drug-likeness (QED) is 0.337. The topological polar surface area (TPSA) is 46.6 Å². The van der Waals surface area contributed by atoms with E-state index < -0.39 is 0 Å². The lowest BCUT2D eigenvalue weighted by atomic mass is 9.59. The van der Waals surface area contributed by atoms with Gasteiger partial charge in [-0.3, -0.25) is 9.59 Å². The average Bonchev–Trinajstić information content (AvgIpc) is 3.02. The number of hydrogen-bond donors (Lipinski definition) is 0. The van der Waals surface area contributed by atoms with Gasteiger partial charge < -0.3 is 9.64 Å². The molecule has 0 amide bonds. The lowest BCUT2D eigenvalue weighted by Crippen LogP contribution is -2.45. The van der Waals surface area contributed by atoms with E-state index in [-0.39, 0.29) is 29.3 Å². The van der Waals surface area contributed by atoms with Crippen LogP contribution < -0.4 is 0 Å². The van der Waals surface area contributed by atoms with Crippen LogP contribution in [0, 0.1) is 17.3 Å². The Morgan fingerprint density at radius 3 is 2.86 bits per heavy atom. The van der Waals surface area contributed by atoms with Crippen LogP contribution in [0.4, 0.5) is 0 Å². The summed E-state index contributed by atoms with van der Waals surface area (Å²) in [5, 5.41) is 0. The van der Waals surface area contributed by atoms with Gasteiger partial charge in [0, 0.05) is 37.0 Å². The smallest absolute Gasteiger partial charge is 0.316 e. The number of carbonyl (C=O) groups excluding carboxylic acids is 2. The number of allylic oxidation sites excluding steroid dienone is 1. The van der Waals surface area contributed by atoms with Gasteiger partial charge in [0.05, 0.1) is 5.75 Å². The Balaban J connectivity index is 1.60.